The number of nitrogens with one attached hydrogen (secondary N) is 1. The maximum absolute atomic E-state index is 13.2. The smallest absolute Gasteiger partial charge is 0.267 e. The van der Waals surface area contributed by atoms with Crippen molar-refractivity contribution in [1.29, 1.82) is 0 Å². The normalized spacial score (nSPS) is 11.8. The van der Waals surface area contributed by atoms with Crippen molar-refractivity contribution in [3.63, 3.8) is 0 Å². The quantitative estimate of drug-likeness (QED) is 0.462. The molecular weight excluding hydrogens is 427 g/mol. The van der Waals surface area contributed by atoms with Gasteiger partial charge in [0.05, 0.1) is 11.4 Å². The van der Waals surface area contributed by atoms with Gasteiger partial charge >= 0.3 is 0 Å². The van der Waals surface area contributed by atoms with Crippen molar-refractivity contribution in [3.8, 4) is 21.8 Å². The van der Waals surface area contributed by atoms with Crippen molar-refractivity contribution < 1.29 is 9.18 Å². The Balaban J connectivity index is 1.39. The highest BCUT2D eigenvalue weighted by Crippen LogP contribution is 2.23. The number of hydrogen-bond acceptors (Lipinski definition) is 5. The van der Waals surface area contributed by atoms with E-state index in [1.807, 2.05) is 35.7 Å². The fraction of sp³-hybridized carbons (Fsp3) is 0.167. The minimum Gasteiger partial charge on any atom is -0.354 e. The van der Waals surface area contributed by atoms with E-state index in [0.29, 0.717) is 24.2 Å². The third kappa shape index (κ3) is 4.97. The van der Waals surface area contributed by atoms with Crippen LogP contribution in [0, 0.1) is 5.82 Å². The number of carbonyl (C=O) groups is 1. The topological polar surface area (TPSA) is 76.9 Å². The van der Waals surface area contributed by atoms with Gasteiger partial charge in [-0.05, 0) is 37.3 Å². The fourth-order valence-electron chi connectivity index (χ4n) is 3.19. The van der Waals surface area contributed by atoms with Crippen molar-refractivity contribution in [2.75, 3.05) is 6.54 Å². The highest BCUT2D eigenvalue weighted by molar-refractivity contribution is 7.13. The van der Waals surface area contributed by atoms with Crippen LogP contribution in [-0.4, -0.2) is 27.2 Å². The number of rotatable bonds is 7. The Bertz CT molecular complexity index is 1270. The molecule has 162 valence electrons. The van der Waals surface area contributed by atoms with Crippen LogP contribution in [0.5, 0.6) is 0 Å². The Hall–Kier alpha value is -3.65. The van der Waals surface area contributed by atoms with Gasteiger partial charge in [-0.3, -0.25) is 9.59 Å². The summed E-state index contributed by atoms with van der Waals surface area (Å²) >= 11 is 1.56. The molecule has 8 heteroatoms. The molecule has 0 saturated carbocycles. The van der Waals surface area contributed by atoms with Gasteiger partial charge in [0.2, 0.25) is 5.91 Å². The first kappa shape index (κ1) is 21.6. The number of halogens is 1. The third-order valence-electron chi connectivity index (χ3n) is 4.96. The second-order valence-electron chi connectivity index (χ2n) is 7.24. The maximum Gasteiger partial charge on any atom is 0.267 e. The minimum atomic E-state index is -0.793. The molecule has 0 fully saturated rings. The van der Waals surface area contributed by atoms with Crippen molar-refractivity contribution in [1.82, 2.24) is 20.1 Å². The number of carbonyl (C=O) groups excluding carboxylic acids is 1. The minimum absolute atomic E-state index is 0.311. The first-order valence-electron chi connectivity index (χ1n) is 10.1. The number of benzene rings is 2. The average molecular weight is 449 g/mol. The van der Waals surface area contributed by atoms with Crippen LogP contribution in [0.2, 0.25) is 0 Å². The molecule has 0 bridgehead atoms. The lowest BCUT2D eigenvalue weighted by atomic mass is 10.1. The van der Waals surface area contributed by atoms with E-state index in [1.165, 1.54) is 18.2 Å². The molecule has 0 saturated heterocycles. The summed E-state index contributed by atoms with van der Waals surface area (Å²) in [4.78, 5) is 29.5. The molecule has 2 aromatic carbocycles. The van der Waals surface area contributed by atoms with Gasteiger partial charge in [-0.25, -0.2) is 14.1 Å². The number of aromatic nitrogens is 3. The average Bonchev–Trinajstić information content (AvgIpc) is 3.29. The number of amides is 1. The van der Waals surface area contributed by atoms with E-state index in [4.69, 9.17) is 0 Å². The Kier molecular flexibility index (Phi) is 6.51. The number of nitrogens with zero attached hydrogens (tertiary/aromatic N) is 3. The summed E-state index contributed by atoms with van der Waals surface area (Å²) in [6.07, 6.45) is 0.583. The Labute approximate surface area is 188 Å². The zero-order valence-electron chi connectivity index (χ0n) is 17.4. The largest absolute Gasteiger partial charge is 0.354 e. The summed E-state index contributed by atoms with van der Waals surface area (Å²) in [5, 5.41) is 10.1. The molecule has 1 N–H and O–H groups in total. The first-order valence-corrected chi connectivity index (χ1v) is 11.0. The van der Waals surface area contributed by atoms with Gasteiger partial charge in [0.15, 0.2) is 0 Å². The molecule has 0 spiro atoms. The molecule has 0 aliphatic heterocycles. The molecule has 1 atom stereocenters. The molecule has 2 heterocycles. The molecule has 0 radical (unpaired) electrons. The van der Waals surface area contributed by atoms with Gasteiger partial charge in [0.25, 0.3) is 5.56 Å². The molecule has 32 heavy (non-hydrogen) atoms. The van der Waals surface area contributed by atoms with Crippen LogP contribution < -0.4 is 10.9 Å². The maximum atomic E-state index is 13.2. The van der Waals surface area contributed by atoms with Gasteiger partial charge in [-0.2, -0.15) is 5.10 Å². The molecule has 0 unspecified atom stereocenters. The summed E-state index contributed by atoms with van der Waals surface area (Å²) < 4.78 is 14.3. The summed E-state index contributed by atoms with van der Waals surface area (Å²) in [5.41, 5.74) is 2.72. The van der Waals surface area contributed by atoms with E-state index in [-0.39, 0.29) is 17.3 Å². The highest BCUT2D eigenvalue weighted by Gasteiger charge is 2.18. The molecule has 1 amide bonds. The standard InChI is InChI=1S/C24H21FN4O2S/c1-16(29-22(30)12-11-21(28-29)17-7-9-19(25)10-8-17)23(31)26-14-13-20-15-32-24(27-20)18-5-3-2-4-6-18/h2-12,15-16H,13-14H2,1H3,(H,26,31)/t16-/m1/s1. The van der Waals surface area contributed by atoms with E-state index in [2.05, 4.69) is 15.4 Å². The molecule has 2 aromatic heterocycles. The molecule has 0 aliphatic carbocycles. The molecule has 6 nitrogen and oxygen atoms in total. The van der Waals surface area contributed by atoms with Crippen molar-refractivity contribution >= 4 is 17.2 Å². The Morgan fingerprint density at radius 3 is 2.56 bits per heavy atom. The van der Waals surface area contributed by atoms with E-state index >= 15 is 0 Å². The summed E-state index contributed by atoms with van der Waals surface area (Å²) in [5.74, 6) is -0.666. The van der Waals surface area contributed by atoms with Crippen molar-refractivity contribution in [2.45, 2.75) is 19.4 Å². The second kappa shape index (κ2) is 9.65. The SMILES string of the molecule is C[C@H](C(=O)NCCc1csc(-c2ccccc2)n1)n1nc(-c2ccc(F)cc2)ccc1=O. The van der Waals surface area contributed by atoms with Crippen LogP contribution in [0.3, 0.4) is 0 Å². The van der Waals surface area contributed by atoms with E-state index in [0.717, 1.165) is 20.9 Å². The van der Waals surface area contributed by atoms with Crippen LogP contribution in [0.4, 0.5) is 4.39 Å². The van der Waals surface area contributed by atoms with Crippen molar-refractivity contribution in [3.05, 3.63) is 94.0 Å². The van der Waals surface area contributed by atoms with E-state index in [1.54, 1.807) is 36.5 Å². The fourth-order valence-corrected chi connectivity index (χ4v) is 4.05. The monoisotopic (exact) mass is 448 g/mol. The predicted octanol–water partition coefficient (Wildman–Crippen LogP) is 4.09. The van der Waals surface area contributed by atoms with Crippen LogP contribution in [0.25, 0.3) is 21.8 Å². The lowest BCUT2D eigenvalue weighted by molar-refractivity contribution is -0.124. The van der Waals surface area contributed by atoms with Gasteiger partial charge in [-0.1, -0.05) is 30.3 Å². The Morgan fingerprint density at radius 1 is 1.06 bits per heavy atom. The van der Waals surface area contributed by atoms with Crippen LogP contribution in [-0.2, 0) is 11.2 Å². The van der Waals surface area contributed by atoms with Gasteiger partial charge in [-0.15, -0.1) is 11.3 Å². The van der Waals surface area contributed by atoms with E-state index < -0.39 is 6.04 Å². The molecule has 4 aromatic rings. The zero-order valence-corrected chi connectivity index (χ0v) is 18.2. The second-order valence-corrected chi connectivity index (χ2v) is 8.09. The lowest BCUT2D eigenvalue weighted by Crippen LogP contribution is -2.37. The molecule has 4 rings (SSSR count). The van der Waals surface area contributed by atoms with Gasteiger partial charge < -0.3 is 5.32 Å². The summed E-state index contributed by atoms with van der Waals surface area (Å²) in [6, 6.07) is 17.9. The van der Waals surface area contributed by atoms with Crippen molar-refractivity contribution in [2.24, 2.45) is 0 Å². The third-order valence-corrected chi connectivity index (χ3v) is 5.90. The van der Waals surface area contributed by atoms with Crippen LogP contribution in [0.1, 0.15) is 18.7 Å². The number of thiazole rings is 1. The highest BCUT2D eigenvalue weighted by atomic mass is 32.1. The van der Waals surface area contributed by atoms with Gasteiger partial charge in [0.1, 0.15) is 16.9 Å². The van der Waals surface area contributed by atoms with Crippen LogP contribution >= 0.6 is 11.3 Å². The zero-order chi connectivity index (χ0) is 22.5. The lowest BCUT2D eigenvalue weighted by Gasteiger charge is -2.15. The predicted molar refractivity (Wildman–Crippen MR) is 123 cm³/mol. The number of hydrogen-bond donors (Lipinski definition) is 1. The summed E-state index contributed by atoms with van der Waals surface area (Å²) in [7, 11) is 0. The van der Waals surface area contributed by atoms with Gasteiger partial charge in [0, 0.05) is 35.5 Å². The molecular formula is C24H21FN4O2S. The first-order chi connectivity index (χ1) is 15.5. The molecule has 0 aliphatic rings. The summed E-state index contributed by atoms with van der Waals surface area (Å²) in [6.45, 7) is 2.02. The Morgan fingerprint density at radius 2 is 1.81 bits per heavy atom. The van der Waals surface area contributed by atoms with Crippen LogP contribution in [0.15, 0.2) is 76.9 Å². The van der Waals surface area contributed by atoms with E-state index in [9.17, 15) is 14.0 Å².